The van der Waals surface area contributed by atoms with Crippen LogP contribution in [-0.2, 0) is 9.53 Å². The van der Waals surface area contributed by atoms with E-state index >= 15 is 0 Å². The minimum absolute atomic E-state index is 0.0131. The van der Waals surface area contributed by atoms with Gasteiger partial charge in [-0.2, -0.15) is 9.97 Å². The Morgan fingerprint density at radius 3 is 2.42 bits per heavy atom. The molecule has 0 N–H and O–H groups in total. The maximum absolute atomic E-state index is 12.9. The van der Waals surface area contributed by atoms with E-state index in [-0.39, 0.29) is 23.4 Å². The van der Waals surface area contributed by atoms with E-state index in [1.54, 1.807) is 7.11 Å². The Morgan fingerprint density at radius 1 is 1.14 bits per heavy atom. The molecule has 2 aromatic rings. The first kappa shape index (κ1) is 32.0. The second-order valence-electron chi connectivity index (χ2n) is 13.8. The summed E-state index contributed by atoms with van der Waals surface area (Å²) in [6.45, 7) is 19.2. The van der Waals surface area contributed by atoms with Crippen molar-refractivity contribution >= 4 is 44.7 Å². The Hall–Kier alpha value is -2.39. The fourth-order valence-electron chi connectivity index (χ4n) is 7.37. The van der Waals surface area contributed by atoms with Gasteiger partial charge in [0.05, 0.1) is 17.5 Å². The van der Waals surface area contributed by atoms with Crippen LogP contribution in [0.5, 0.6) is 11.8 Å². The fourth-order valence-corrected chi connectivity index (χ4v) is 7.99. The number of aromatic nitrogens is 2. The summed E-state index contributed by atoms with van der Waals surface area (Å²) in [5, 5.41) is 0.945. The van der Waals surface area contributed by atoms with Gasteiger partial charge in [-0.05, 0) is 111 Å². The van der Waals surface area contributed by atoms with E-state index in [0.717, 1.165) is 104 Å². The number of carbonyl (C=O) groups excluding carboxylic acids is 1. The fraction of sp³-hybridized carbons (Fsp3) is 0.676. The Bertz CT molecular complexity index is 1330. The highest BCUT2D eigenvalue weighted by Crippen LogP contribution is 2.50. The van der Waals surface area contributed by atoms with E-state index in [1.807, 2.05) is 26.8 Å². The van der Waals surface area contributed by atoms with Gasteiger partial charge < -0.3 is 24.0 Å². The minimum atomic E-state index is -0.448. The van der Waals surface area contributed by atoms with E-state index in [2.05, 4.69) is 52.2 Å². The van der Waals surface area contributed by atoms with Gasteiger partial charge in [0.2, 0.25) is 0 Å². The smallest absolute Gasteiger partial charge is 0.319 e. The average molecular weight is 658 g/mol. The lowest BCUT2D eigenvalue weighted by Crippen LogP contribution is -2.45. The number of nitrogens with zero attached hydrogens (tertiary/aromatic N) is 4. The predicted octanol–water partition coefficient (Wildman–Crippen LogP) is 7.27. The lowest BCUT2D eigenvalue weighted by Gasteiger charge is -2.48. The molecule has 1 saturated carbocycles. The molecule has 2 unspecified atom stereocenters. The van der Waals surface area contributed by atoms with Gasteiger partial charge in [0, 0.05) is 31.6 Å². The van der Waals surface area contributed by atoms with Crippen molar-refractivity contribution in [1.82, 2.24) is 14.9 Å². The first-order valence-electron chi connectivity index (χ1n) is 16.0. The van der Waals surface area contributed by atoms with Gasteiger partial charge in [0.25, 0.3) is 0 Å². The average Bonchev–Trinajstić information content (AvgIpc) is 2.96. The normalized spacial score (nSPS) is 23.4. The Morgan fingerprint density at radius 2 is 1.84 bits per heavy atom. The summed E-state index contributed by atoms with van der Waals surface area (Å²) in [4.78, 5) is 27.7. The number of carbonyl (C=O) groups is 1. The van der Waals surface area contributed by atoms with Gasteiger partial charge in [0.1, 0.15) is 23.0 Å². The molecule has 2 aliphatic heterocycles. The minimum Gasteiger partial charge on any atom is -0.493 e. The van der Waals surface area contributed by atoms with Crippen molar-refractivity contribution in [2.45, 2.75) is 91.3 Å². The molecule has 1 spiro atoms. The van der Waals surface area contributed by atoms with E-state index < -0.39 is 5.60 Å². The van der Waals surface area contributed by atoms with Gasteiger partial charge >= 0.3 is 12.0 Å². The van der Waals surface area contributed by atoms with Crippen LogP contribution in [0.3, 0.4) is 0 Å². The lowest BCUT2D eigenvalue weighted by molar-refractivity contribution is -0.164. The molecule has 0 bridgehead atoms. The number of fused-ring (bicyclic) bond motifs is 1. The van der Waals surface area contributed by atoms with Crippen molar-refractivity contribution in [3.05, 3.63) is 22.7 Å². The molecule has 3 heterocycles. The van der Waals surface area contributed by atoms with Crippen LogP contribution in [0.1, 0.15) is 85.1 Å². The summed E-state index contributed by atoms with van der Waals surface area (Å²) in [5.74, 6) is 1.83. The number of rotatable bonds is 7. The zero-order chi connectivity index (χ0) is 30.9. The molecule has 1 aliphatic carbocycles. The van der Waals surface area contributed by atoms with E-state index in [0.29, 0.717) is 17.7 Å². The van der Waals surface area contributed by atoms with Crippen LogP contribution in [0.4, 0.5) is 5.82 Å². The third kappa shape index (κ3) is 6.98. The monoisotopic (exact) mass is 656 g/mol. The molecule has 0 radical (unpaired) electrons. The molecular weight excluding hydrogens is 608 g/mol. The zero-order valence-corrected chi connectivity index (χ0v) is 28.5. The molecule has 8 nitrogen and oxygen atoms in total. The summed E-state index contributed by atoms with van der Waals surface area (Å²) in [6, 6.07) is 2.52. The topological polar surface area (TPSA) is 77.0 Å². The molecule has 9 heteroatoms. The third-order valence-electron chi connectivity index (χ3n) is 9.81. The van der Waals surface area contributed by atoms with E-state index in [4.69, 9.17) is 24.2 Å². The van der Waals surface area contributed by atoms with Crippen molar-refractivity contribution in [3.63, 3.8) is 0 Å². The first-order chi connectivity index (χ1) is 20.5. The standard InChI is InChI=1S/C34H49BrN4O4/c1-8-23-20-26-28(29(41-7)27(23)35)36-32(42-24-11-16-38(9-2)17-12-24)37-30(26)39-18-14-34(15-19-39)13-10-25(22(3)21-34)31(40)43-33(4,5)6/h8,20,22,24-25H,1,9-19,21H2,2-7H3. The number of esters is 1. The number of benzene rings is 1. The summed E-state index contributed by atoms with van der Waals surface area (Å²) in [5.41, 5.74) is 1.49. The Labute approximate surface area is 265 Å². The number of ether oxygens (including phenoxy) is 3. The second-order valence-corrected chi connectivity index (χ2v) is 14.6. The molecule has 3 fully saturated rings. The van der Waals surface area contributed by atoms with Crippen LogP contribution in [0, 0.1) is 17.3 Å². The molecular formula is C34H49BrN4O4. The summed E-state index contributed by atoms with van der Waals surface area (Å²) in [7, 11) is 1.68. The number of piperidine rings is 2. The third-order valence-corrected chi connectivity index (χ3v) is 10.6. The molecule has 1 aromatic carbocycles. The van der Waals surface area contributed by atoms with Crippen LogP contribution in [0.15, 0.2) is 17.1 Å². The Kier molecular flexibility index (Phi) is 9.62. The van der Waals surface area contributed by atoms with Gasteiger partial charge in [-0.15, -0.1) is 0 Å². The van der Waals surface area contributed by atoms with Crippen molar-refractivity contribution in [2.75, 3.05) is 44.7 Å². The quantitative estimate of drug-likeness (QED) is 0.288. The van der Waals surface area contributed by atoms with Crippen LogP contribution in [0.2, 0.25) is 0 Å². The van der Waals surface area contributed by atoms with Crippen molar-refractivity contribution < 1.29 is 19.0 Å². The van der Waals surface area contributed by atoms with Crippen molar-refractivity contribution in [2.24, 2.45) is 17.3 Å². The van der Waals surface area contributed by atoms with Gasteiger partial charge in [-0.3, -0.25) is 4.79 Å². The molecule has 43 heavy (non-hydrogen) atoms. The molecule has 3 aliphatic rings. The number of likely N-dealkylation sites (tertiary alicyclic amines) is 1. The van der Waals surface area contributed by atoms with Crippen LogP contribution in [-0.4, -0.2) is 72.4 Å². The highest BCUT2D eigenvalue weighted by Gasteiger charge is 2.44. The number of hydrogen-bond donors (Lipinski definition) is 0. The SMILES string of the molecule is C=Cc1cc2c(N3CCC4(CCC(C(=O)OC(C)(C)C)C(C)C4)CC3)nc(OC3CCN(CC)CC3)nc2c(OC)c1Br. The van der Waals surface area contributed by atoms with Gasteiger partial charge in [0.15, 0.2) is 5.75 Å². The lowest BCUT2D eigenvalue weighted by atomic mass is 9.62. The number of methoxy groups -OCH3 is 1. The molecule has 5 rings (SSSR count). The second kappa shape index (κ2) is 12.9. The summed E-state index contributed by atoms with van der Waals surface area (Å²) < 4.78 is 18.9. The maximum Gasteiger partial charge on any atom is 0.319 e. The Balaban J connectivity index is 1.39. The van der Waals surface area contributed by atoms with Gasteiger partial charge in [-0.25, -0.2) is 0 Å². The van der Waals surface area contributed by atoms with Crippen molar-refractivity contribution in [1.29, 1.82) is 0 Å². The highest BCUT2D eigenvalue weighted by atomic mass is 79.9. The molecule has 0 amide bonds. The van der Waals surface area contributed by atoms with Gasteiger partial charge in [-0.1, -0.05) is 26.5 Å². The van der Waals surface area contributed by atoms with E-state index in [1.165, 1.54) is 0 Å². The zero-order valence-electron chi connectivity index (χ0n) is 26.9. The molecule has 236 valence electrons. The maximum atomic E-state index is 12.9. The highest BCUT2D eigenvalue weighted by molar-refractivity contribution is 9.10. The first-order valence-corrected chi connectivity index (χ1v) is 16.8. The number of halogens is 1. The number of anilines is 1. The summed E-state index contributed by atoms with van der Waals surface area (Å²) >= 11 is 3.72. The summed E-state index contributed by atoms with van der Waals surface area (Å²) in [6.07, 6.45) is 9.02. The number of hydrogen-bond acceptors (Lipinski definition) is 8. The molecule has 1 aromatic heterocycles. The van der Waals surface area contributed by atoms with E-state index in [9.17, 15) is 4.79 Å². The van der Waals surface area contributed by atoms with Crippen LogP contribution in [0.25, 0.3) is 17.0 Å². The van der Waals surface area contributed by atoms with Crippen LogP contribution >= 0.6 is 15.9 Å². The van der Waals surface area contributed by atoms with Crippen LogP contribution < -0.4 is 14.4 Å². The molecule has 2 saturated heterocycles. The largest absolute Gasteiger partial charge is 0.493 e. The van der Waals surface area contributed by atoms with Crippen molar-refractivity contribution in [3.8, 4) is 11.8 Å². The molecule has 2 atom stereocenters. The predicted molar refractivity (Wildman–Crippen MR) is 176 cm³/mol.